The molecule has 1 aromatic carbocycles. The van der Waals surface area contributed by atoms with E-state index in [9.17, 15) is 18.0 Å². The lowest BCUT2D eigenvalue weighted by Gasteiger charge is -2.22. The molecule has 1 atom stereocenters. The monoisotopic (exact) mass is 446 g/mol. The molecule has 2 N–H and O–H groups in total. The van der Waals surface area contributed by atoms with Gasteiger partial charge in [-0.1, -0.05) is 18.2 Å². The molecule has 1 fully saturated rings. The highest BCUT2D eigenvalue weighted by molar-refractivity contribution is 5.91. The van der Waals surface area contributed by atoms with Crippen LogP contribution in [0.15, 0.2) is 42.7 Å². The van der Waals surface area contributed by atoms with Crippen LogP contribution in [0.3, 0.4) is 0 Å². The Morgan fingerprint density at radius 1 is 1.28 bits per heavy atom. The van der Waals surface area contributed by atoms with E-state index in [-0.39, 0.29) is 30.1 Å². The number of aromatic nitrogens is 4. The van der Waals surface area contributed by atoms with Gasteiger partial charge in [-0.25, -0.2) is 9.67 Å². The third-order valence-electron chi connectivity index (χ3n) is 5.57. The zero-order valence-electron chi connectivity index (χ0n) is 17.9. The average molecular weight is 446 g/mol. The molecular weight excluding hydrogens is 421 g/mol. The van der Waals surface area contributed by atoms with Crippen molar-refractivity contribution in [3.05, 3.63) is 54.1 Å². The Hall–Kier alpha value is -3.14. The van der Waals surface area contributed by atoms with Gasteiger partial charge < -0.3 is 10.3 Å². The first-order valence-corrected chi connectivity index (χ1v) is 10.5. The number of benzene rings is 1. The summed E-state index contributed by atoms with van der Waals surface area (Å²) in [5.41, 5.74) is -0.340. The molecule has 0 radical (unpaired) electrons. The number of nitrogens with zero attached hydrogens (tertiary/aromatic N) is 4. The number of H-pyrrole nitrogens is 1. The molecule has 0 unspecified atom stereocenters. The second kappa shape index (κ2) is 8.78. The molecule has 1 amide bonds. The predicted molar refractivity (Wildman–Crippen MR) is 114 cm³/mol. The quantitative estimate of drug-likeness (QED) is 0.578. The molecule has 0 spiro atoms. The number of hydrogen-bond donors (Lipinski definition) is 2. The van der Waals surface area contributed by atoms with Crippen LogP contribution in [0.4, 0.5) is 19.0 Å². The number of anilines is 1. The van der Waals surface area contributed by atoms with Crippen molar-refractivity contribution < 1.29 is 18.0 Å². The third-order valence-corrected chi connectivity index (χ3v) is 5.57. The number of carbonyl (C=O) groups excluding carboxylic acids is 1. The molecule has 0 saturated carbocycles. The fourth-order valence-corrected chi connectivity index (χ4v) is 4.12. The summed E-state index contributed by atoms with van der Waals surface area (Å²) in [5, 5.41) is 7.10. The van der Waals surface area contributed by atoms with Crippen molar-refractivity contribution in [1.82, 2.24) is 24.6 Å². The number of aromatic amines is 1. The summed E-state index contributed by atoms with van der Waals surface area (Å²) in [5.74, 6) is 1.02. The van der Waals surface area contributed by atoms with E-state index in [1.807, 2.05) is 18.7 Å². The summed E-state index contributed by atoms with van der Waals surface area (Å²) in [6.45, 7) is 4.81. The lowest BCUT2D eigenvalue weighted by molar-refractivity contribution is -0.137. The van der Waals surface area contributed by atoms with Crippen LogP contribution in [-0.4, -0.2) is 43.6 Å². The van der Waals surface area contributed by atoms with Crippen molar-refractivity contribution in [1.29, 1.82) is 0 Å². The van der Waals surface area contributed by atoms with E-state index in [0.717, 1.165) is 18.9 Å². The largest absolute Gasteiger partial charge is 0.417 e. The van der Waals surface area contributed by atoms with Gasteiger partial charge in [0.05, 0.1) is 36.2 Å². The molecule has 1 aliphatic heterocycles. The van der Waals surface area contributed by atoms with E-state index >= 15 is 0 Å². The van der Waals surface area contributed by atoms with Gasteiger partial charge in [-0.05, 0) is 39.3 Å². The minimum atomic E-state index is -4.46. The van der Waals surface area contributed by atoms with Gasteiger partial charge in [-0.3, -0.25) is 9.69 Å². The van der Waals surface area contributed by atoms with Gasteiger partial charge in [0.25, 0.3) is 0 Å². The number of likely N-dealkylation sites (tertiary alicyclic amines) is 1. The molecule has 4 rings (SSSR count). The summed E-state index contributed by atoms with van der Waals surface area (Å²) in [7, 11) is 0. The first-order chi connectivity index (χ1) is 15.2. The fraction of sp³-hybridized carbons (Fsp3) is 0.409. The van der Waals surface area contributed by atoms with Crippen LogP contribution in [0.1, 0.15) is 50.2 Å². The second-order valence-corrected chi connectivity index (χ2v) is 8.16. The molecule has 3 heterocycles. The summed E-state index contributed by atoms with van der Waals surface area (Å²) >= 11 is 0. The molecule has 3 aromatic rings. The van der Waals surface area contributed by atoms with Crippen LogP contribution in [0.2, 0.25) is 0 Å². The summed E-state index contributed by atoms with van der Waals surface area (Å²) in [6, 6.07) is 7.12. The minimum Gasteiger partial charge on any atom is -0.341 e. The Kier molecular flexibility index (Phi) is 6.05. The normalized spacial score (nSPS) is 17.2. The molecular formula is C22H25F3N6O. The number of nitrogens with one attached hydrogen (secondary N) is 2. The molecule has 32 heavy (non-hydrogen) atoms. The van der Waals surface area contributed by atoms with E-state index in [0.29, 0.717) is 23.9 Å². The molecule has 10 heteroatoms. The van der Waals surface area contributed by atoms with Gasteiger partial charge in [-0.2, -0.15) is 18.3 Å². The molecule has 0 bridgehead atoms. The Morgan fingerprint density at radius 3 is 2.81 bits per heavy atom. The second-order valence-electron chi connectivity index (χ2n) is 8.16. The van der Waals surface area contributed by atoms with Crippen LogP contribution in [-0.2, 0) is 11.0 Å². The van der Waals surface area contributed by atoms with Crippen molar-refractivity contribution in [3.63, 3.8) is 0 Å². The topological polar surface area (TPSA) is 78.8 Å². The maximum atomic E-state index is 13.4. The number of rotatable bonds is 6. The summed E-state index contributed by atoms with van der Waals surface area (Å²) in [4.78, 5) is 22.1. The number of amides is 1. The van der Waals surface area contributed by atoms with Crippen LogP contribution < -0.4 is 5.32 Å². The van der Waals surface area contributed by atoms with Crippen molar-refractivity contribution in [3.8, 4) is 11.3 Å². The van der Waals surface area contributed by atoms with Crippen LogP contribution in [0, 0.1) is 0 Å². The molecule has 7 nitrogen and oxygen atoms in total. The van der Waals surface area contributed by atoms with Gasteiger partial charge in [0.2, 0.25) is 5.91 Å². The van der Waals surface area contributed by atoms with Gasteiger partial charge in [0, 0.05) is 17.7 Å². The standard InChI is InChI=1S/C22H25F3N6O/c1-14(2)31-19(9-10-27-31)29-20(32)13-30-11-5-8-18(30)21-26-12-17(28-21)15-6-3-4-7-16(15)22(23,24)25/h3-4,6-7,9-10,12,14,18H,5,8,11,13H2,1-2H3,(H,26,28)(H,29,32)/t18-/m1/s1. The Morgan fingerprint density at radius 2 is 2.06 bits per heavy atom. The van der Waals surface area contributed by atoms with Crippen LogP contribution in [0.5, 0.6) is 0 Å². The number of carbonyl (C=O) groups is 1. The maximum absolute atomic E-state index is 13.4. The fourth-order valence-electron chi connectivity index (χ4n) is 4.12. The Balaban J connectivity index is 1.49. The number of imidazole rings is 1. The minimum absolute atomic E-state index is 0.0583. The molecule has 170 valence electrons. The lowest BCUT2D eigenvalue weighted by Crippen LogP contribution is -2.33. The summed E-state index contributed by atoms with van der Waals surface area (Å²) < 4.78 is 41.9. The Bertz CT molecular complexity index is 1090. The third kappa shape index (κ3) is 4.55. The van der Waals surface area contributed by atoms with Gasteiger partial charge >= 0.3 is 6.18 Å². The van der Waals surface area contributed by atoms with Gasteiger partial charge in [-0.15, -0.1) is 0 Å². The van der Waals surface area contributed by atoms with E-state index in [4.69, 9.17) is 0 Å². The predicted octanol–water partition coefficient (Wildman–Crippen LogP) is 4.65. The van der Waals surface area contributed by atoms with Gasteiger partial charge in [0.1, 0.15) is 11.6 Å². The van der Waals surface area contributed by atoms with Crippen molar-refractivity contribution in [2.24, 2.45) is 0 Å². The smallest absolute Gasteiger partial charge is 0.341 e. The lowest BCUT2D eigenvalue weighted by atomic mass is 10.0. The van der Waals surface area contributed by atoms with E-state index in [2.05, 4.69) is 20.4 Å². The zero-order chi connectivity index (χ0) is 22.9. The molecule has 0 aliphatic carbocycles. The van der Waals surface area contributed by atoms with Crippen LogP contribution >= 0.6 is 0 Å². The first-order valence-electron chi connectivity index (χ1n) is 10.5. The van der Waals surface area contributed by atoms with Crippen molar-refractivity contribution >= 4 is 11.7 Å². The Labute approximate surface area is 183 Å². The van der Waals surface area contributed by atoms with Crippen molar-refractivity contribution in [2.75, 3.05) is 18.4 Å². The maximum Gasteiger partial charge on any atom is 0.417 e. The first kappa shape index (κ1) is 22.1. The number of halogens is 3. The highest BCUT2D eigenvalue weighted by atomic mass is 19.4. The summed E-state index contributed by atoms with van der Waals surface area (Å²) in [6.07, 6.45) is 0.249. The van der Waals surface area contributed by atoms with Gasteiger partial charge in [0.15, 0.2) is 0 Å². The highest BCUT2D eigenvalue weighted by Gasteiger charge is 2.34. The van der Waals surface area contributed by atoms with E-state index in [1.54, 1.807) is 23.0 Å². The number of hydrogen-bond acceptors (Lipinski definition) is 4. The average Bonchev–Trinajstić information content (AvgIpc) is 3.47. The van der Waals surface area contributed by atoms with E-state index in [1.165, 1.54) is 18.3 Å². The van der Waals surface area contributed by atoms with Crippen molar-refractivity contribution in [2.45, 2.75) is 44.9 Å². The highest BCUT2D eigenvalue weighted by Crippen LogP contribution is 2.37. The molecule has 2 aromatic heterocycles. The molecule has 1 aliphatic rings. The number of alkyl halides is 3. The van der Waals surface area contributed by atoms with E-state index < -0.39 is 11.7 Å². The SMILES string of the molecule is CC(C)n1nccc1NC(=O)CN1CCC[C@@H]1c1ncc(-c2ccccc2C(F)(F)F)[nH]1. The van der Waals surface area contributed by atoms with Crippen LogP contribution in [0.25, 0.3) is 11.3 Å². The zero-order valence-corrected chi connectivity index (χ0v) is 17.9. The molecule has 1 saturated heterocycles.